The third kappa shape index (κ3) is 2.93. The van der Waals surface area contributed by atoms with E-state index in [0.29, 0.717) is 0 Å². The Bertz CT molecular complexity index is 388. The summed E-state index contributed by atoms with van der Waals surface area (Å²) in [5, 5.41) is 12.8. The van der Waals surface area contributed by atoms with Gasteiger partial charge in [-0.3, -0.25) is 4.79 Å². The third-order valence-corrected chi connectivity index (χ3v) is 3.36. The van der Waals surface area contributed by atoms with Gasteiger partial charge in [-0.15, -0.1) is 0 Å². The first kappa shape index (κ1) is 15.2. The van der Waals surface area contributed by atoms with Crippen molar-refractivity contribution in [3.05, 3.63) is 0 Å². The molecular weight excluding hydrogens is 270 g/mol. The van der Waals surface area contributed by atoms with Gasteiger partial charge in [0.05, 0.1) is 13.7 Å². The van der Waals surface area contributed by atoms with Crippen LogP contribution in [0.25, 0.3) is 0 Å². The van der Waals surface area contributed by atoms with E-state index in [4.69, 9.17) is 14.2 Å². The van der Waals surface area contributed by atoms with Gasteiger partial charge in [-0.05, 0) is 6.92 Å². The molecule has 2 aliphatic heterocycles. The minimum Gasteiger partial charge on any atom is -0.467 e. The number of hydrogen-bond acceptors (Lipinski definition) is 7. The first-order valence-corrected chi connectivity index (χ1v) is 6.39. The number of carbonyl (C=O) groups is 2. The molecule has 2 heterocycles. The Morgan fingerprint density at radius 3 is 2.75 bits per heavy atom. The number of amides is 1. The molecule has 8 heteroatoms. The van der Waals surface area contributed by atoms with E-state index < -0.39 is 42.7 Å². The maximum atomic E-state index is 11.4. The van der Waals surface area contributed by atoms with Gasteiger partial charge in [0.25, 0.3) is 0 Å². The molecule has 6 atom stereocenters. The highest BCUT2D eigenvalue weighted by Gasteiger charge is 2.52. The average Bonchev–Trinajstić information content (AvgIpc) is 2.85. The summed E-state index contributed by atoms with van der Waals surface area (Å²) >= 11 is 0. The molecule has 1 unspecified atom stereocenters. The number of ether oxygens (including phenoxy) is 4. The summed E-state index contributed by atoms with van der Waals surface area (Å²) in [5.74, 6) is -0.863. The van der Waals surface area contributed by atoms with Gasteiger partial charge in [0.1, 0.15) is 24.4 Å². The maximum Gasteiger partial charge on any atom is 0.334 e. The van der Waals surface area contributed by atoms with Crippen LogP contribution in [0.3, 0.4) is 0 Å². The summed E-state index contributed by atoms with van der Waals surface area (Å²) in [4.78, 5) is 22.7. The summed E-state index contributed by atoms with van der Waals surface area (Å²) < 4.78 is 20.9. The van der Waals surface area contributed by atoms with Crippen molar-refractivity contribution in [2.75, 3.05) is 13.7 Å². The normalized spacial score (nSPS) is 37.3. The number of aliphatic hydroxyl groups is 1. The molecule has 0 aromatic carbocycles. The number of aliphatic hydroxyl groups excluding tert-OH is 1. The fraction of sp³-hybridized carbons (Fsp3) is 0.833. The Kier molecular flexibility index (Phi) is 4.59. The second-order valence-electron chi connectivity index (χ2n) is 4.86. The van der Waals surface area contributed by atoms with Crippen LogP contribution in [0.1, 0.15) is 13.8 Å². The summed E-state index contributed by atoms with van der Waals surface area (Å²) in [6, 6.07) is -0.687. The van der Waals surface area contributed by atoms with Crippen LogP contribution in [-0.4, -0.2) is 67.4 Å². The lowest BCUT2D eigenvalue weighted by atomic mass is 9.98. The molecule has 8 nitrogen and oxygen atoms in total. The Morgan fingerprint density at radius 2 is 2.15 bits per heavy atom. The van der Waals surface area contributed by atoms with Crippen molar-refractivity contribution in [1.29, 1.82) is 0 Å². The van der Waals surface area contributed by atoms with Gasteiger partial charge in [-0.2, -0.15) is 0 Å². The molecule has 2 fully saturated rings. The van der Waals surface area contributed by atoms with Crippen LogP contribution in [-0.2, 0) is 28.5 Å². The predicted molar refractivity (Wildman–Crippen MR) is 64.6 cm³/mol. The predicted octanol–water partition coefficient (Wildman–Crippen LogP) is -1.45. The zero-order chi connectivity index (χ0) is 14.9. The molecular formula is C12H19NO7. The van der Waals surface area contributed by atoms with Crippen molar-refractivity contribution in [2.45, 2.75) is 50.6 Å². The molecule has 2 N–H and O–H groups in total. The molecule has 0 spiro atoms. The Hall–Kier alpha value is -1.22. The van der Waals surface area contributed by atoms with Crippen LogP contribution in [0.15, 0.2) is 0 Å². The third-order valence-electron chi connectivity index (χ3n) is 3.36. The highest BCUT2D eigenvalue weighted by Crippen LogP contribution is 2.30. The number of methoxy groups -OCH3 is 1. The molecule has 2 aliphatic rings. The SMILES string of the molecule is COC(=O)[C@@H](C)O[C@H]1[C@H](O)[C@H]2COC(O2)[C@@H]1NC(C)=O. The molecule has 0 aromatic heterocycles. The summed E-state index contributed by atoms with van der Waals surface area (Å²) in [7, 11) is 1.25. The second kappa shape index (κ2) is 6.04. The highest BCUT2D eigenvalue weighted by atomic mass is 16.7. The fourth-order valence-electron chi connectivity index (χ4n) is 2.39. The minimum atomic E-state index is -1.00. The standard InChI is InChI=1S/C12H19NO7/c1-5(11(16)17-3)19-10-8(13-6(2)14)12-18-4-7(20-12)9(10)15/h5,7-10,12,15H,4H2,1-3H3,(H,13,14)/t5-,7-,8-,9-,10-,12?/m1/s1. The summed E-state index contributed by atoms with van der Waals surface area (Å²) in [6.07, 6.45) is -3.90. The molecule has 2 bridgehead atoms. The van der Waals surface area contributed by atoms with Gasteiger partial charge in [0, 0.05) is 6.92 Å². The lowest BCUT2D eigenvalue weighted by Gasteiger charge is -2.39. The summed E-state index contributed by atoms with van der Waals surface area (Å²) in [5.41, 5.74) is 0. The molecule has 0 aliphatic carbocycles. The van der Waals surface area contributed by atoms with Gasteiger partial charge in [0.2, 0.25) is 5.91 Å². The maximum absolute atomic E-state index is 11.4. The first-order valence-electron chi connectivity index (χ1n) is 6.39. The number of hydrogen-bond donors (Lipinski definition) is 2. The van der Waals surface area contributed by atoms with Crippen molar-refractivity contribution >= 4 is 11.9 Å². The van der Waals surface area contributed by atoms with Crippen molar-refractivity contribution < 1.29 is 33.6 Å². The van der Waals surface area contributed by atoms with E-state index >= 15 is 0 Å². The molecule has 0 aromatic rings. The number of esters is 1. The molecule has 2 saturated heterocycles. The largest absolute Gasteiger partial charge is 0.467 e. The van der Waals surface area contributed by atoms with E-state index in [2.05, 4.69) is 10.1 Å². The van der Waals surface area contributed by atoms with Crippen molar-refractivity contribution in [3.63, 3.8) is 0 Å². The average molecular weight is 289 g/mol. The van der Waals surface area contributed by atoms with E-state index in [9.17, 15) is 14.7 Å². The van der Waals surface area contributed by atoms with Crippen LogP contribution in [0.4, 0.5) is 0 Å². The van der Waals surface area contributed by atoms with Crippen molar-refractivity contribution in [1.82, 2.24) is 5.32 Å². The lowest BCUT2D eigenvalue weighted by molar-refractivity contribution is -0.213. The van der Waals surface area contributed by atoms with Crippen LogP contribution in [0, 0.1) is 0 Å². The van der Waals surface area contributed by atoms with E-state index in [1.165, 1.54) is 21.0 Å². The Balaban J connectivity index is 2.12. The molecule has 2 rings (SSSR count). The van der Waals surface area contributed by atoms with Crippen LogP contribution >= 0.6 is 0 Å². The van der Waals surface area contributed by atoms with Gasteiger partial charge in [-0.1, -0.05) is 0 Å². The van der Waals surface area contributed by atoms with E-state index in [0.717, 1.165) is 0 Å². The van der Waals surface area contributed by atoms with Crippen molar-refractivity contribution in [3.8, 4) is 0 Å². The van der Waals surface area contributed by atoms with Gasteiger partial charge < -0.3 is 29.4 Å². The van der Waals surface area contributed by atoms with Gasteiger partial charge in [-0.25, -0.2) is 4.79 Å². The van der Waals surface area contributed by atoms with Crippen LogP contribution < -0.4 is 5.32 Å². The van der Waals surface area contributed by atoms with Crippen molar-refractivity contribution in [2.24, 2.45) is 0 Å². The number of rotatable bonds is 4. The minimum absolute atomic E-state index is 0.217. The second-order valence-corrected chi connectivity index (χ2v) is 4.86. The molecule has 20 heavy (non-hydrogen) atoms. The molecule has 0 radical (unpaired) electrons. The zero-order valence-electron chi connectivity index (χ0n) is 11.6. The Labute approximate surface area is 116 Å². The lowest BCUT2D eigenvalue weighted by Crippen LogP contribution is -2.62. The molecule has 114 valence electrons. The van der Waals surface area contributed by atoms with Crippen LogP contribution in [0.5, 0.6) is 0 Å². The zero-order valence-corrected chi connectivity index (χ0v) is 11.6. The van der Waals surface area contributed by atoms with E-state index in [1.54, 1.807) is 0 Å². The smallest absolute Gasteiger partial charge is 0.334 e. The fourth-order valence-corrected chi connectivity index (χ4v) is 2.39. The number of nitrogens with one attached hydrogen (secondary N) is 1. The van der Waals surface area contributed by atoms with Gasteiger partial charge in [0.15, 0.2) is 12.4 Å². The van der Waals surface area contributed by atoms with E-state index in [-0.39, 0.29) is 12.5 Å². The number of fused-ring (bicyclic) bond motifs is 2. The first-order chi connectivity index (χ1) is 9.43. The summed E-state index contributed by atoms with van der Waals surface area (Å²) in [6.45, 7) is 3.07. The highest BCUT2D eigenvalue weighted by molar-refractivity contribution is 5.74. The van der Waals surface area contributed by atoms with Gasteiger partial charge >= 0.3 is 5.97 Å². The quantitative estimate of drug-likeness (QED) is 0.610. The molecule has 1 amide bonds. The topological polar surface area (TPSA) is 103 Å². The monoisotopic (exact) mass is 289 g/mol. The molecule has 0 saturated carbocycles. The van der Waals surface area contributed by atoms with Crippen LogP contribution in [0.2, 0.25) is 0 Å². The van der Waals surface area contributed by atoms with E-state index in [1.807, 2.05) is 0 Å². The Morgan fingerprint density at radius 1 is 1.45 bits per heavy atom. The number of carbonyl (C=O) groups excluding carboxylic acids is 2.